The van der Waals surface area contributed by atoms with Crippen molar-refractivity contribution in [3.63, 3.8) is 0 Å². The number of thioether (sulfide) groups is 1. The van der Waals surface area contributed by atoms with Crippen LogP contribution in [0.25, 0.3) is 0 Å². The molecule has 0 radical (unpaired) electrons. The summed E-state index contributed by atoms with van der Waals surface area (Å²) in [5, 5.41) is 7.32. The Bertz CT molecular complexity index is 1030. The molecule has 0 amide bonds. The maximum absolute atomic E-state index is 6.08. The van der Waals surface area contributed by atoms with E-state index < -0.39 is 5.51 Å². The van der Waals surface area contributed by atoms with E-state index in [1.807, 2.05) is 12.1 Å². The van der Waals surface area contributed by atoms with Crippen molar-refractivity contribution in [2.75, 3.05) is 0 Å². The molecule has 0 aliphatic carbocycles. The van der Waals surface area contributed by atoms with Crippen LogP contribution in [0.4, 0.5) is 0 Å². The SMILES string of the molecule is Cc1ccc(P(=[Se])(C(=CSc2ccc(Cl)cc2)C(C)(C)C)c2ccc(C)cc2)cc1. The first-order valence-corrected chi connectivity index (χ1v) is 15.2. The zero-order chi connectivity index (χ0) is 21.9. The average molecular weight is 518 g/mol. The summed E-state index contributed by atoms with van der Waals surface area (Å²) in [6.07, 6.45) is 0. The number of benzene rings is 3. The van der Waals surface area contributed by atoms with Crippen LogP contribution in [0, 0.1) is 19.3 Å². The molecule has 0 aromatic heterocycles. The van der Waals surface area contributed by atoms with Crippen molar-refractivity contribution in [1.29, 1.82) is 0 Å². The number of hydrogen-bond acceptors (Lipinski definition) is 1. The first kappa shape index (κ1) is 23.6. The molecule has 0 N–H and O–H groups in total. The van der Waals surface area contributed by atoms with Crippen LogP contribution in [0.15, 0.2) is 88.4 Å². The van der Waals surface area contributed by atoms with Crippen LogP contribution in [-0.2, 0) is 0 Å². The molecule has 0 nitrogen and oxygen atoms in total. The summed E-state index contributed by atoms with van der Waals surface area (Å²) in [6, 6.07) is 26.2. The summed E-state index contributed by atoms with van der Waals surface area (Å²) in [6.45, 7) is 11.2. The predicted molar refractivity (Wildman–Crippen MR) is 139 cm³/mol. The summed E-state index contributed by atoms with van der Waals surface area (Å²) in [4.78, 5) is 1.19. The van der Waals surface area contributed by atoms with Gasteiger partial charge >= 0.3 is 199 Å². The summed E-state index contributed by atoms with van der Waals surface area (Å²) >= 11 is 11.6. The van der Waals surface area contributed by atoms with Gasteiger partial charge in [-0.25, -0.2) is 0 Å². The van der Waals surface area contributed by atoms with Crippen LogP contribution in [0.3, 0.4) is 0 Å². The minimum atomic E-state index is -1.90. The van der Waals surface area contributed by atoms with E-state index in [9.17, 15) is 0 Å². The van der Waals surface area contributed by atoms with Crippen molar-refractivity contribution in [3.05, 3.63) is 99.7 Å². The number of allylic oxidation sites excluding steroid dienone is 1. The Balaban J connectivity index is 2.20. The number of rotatable bonds is 5. The molecule has 0 atom stereocenters. The van der Waals surface area contributed by atoms with E-state index in [0.717, 1.165) is 5.02 Å². The molecule has 0 spiro atoms. The first-order chi connectivity index (χ1) is 14.1. The molecule has 0 aliphatic heterocycles. The van der Waals surface area contributed by atoms with Crippen molar-refractivity contribution >= 4 is 54.6 Å². The standard InChI is InChI=1S/C26H28ClPSSe/c1-19-6-12-22(13-7-19)28(30,23-14-8-20(2)9-15-23)25(26(3,4)5)18-29-24-16-10-21(27)11-17-24/h6-18H,1-5H3. The van der Waals surface area contributed by atoms with Crippen molar-refractivity contribution in [2.45, 2.75) is 39.5 Å². The van der Waals surface area contributed by atoms with Gasteiger partial charge < -0.3 is 0 Å². The first-order valence-electron chi connectivity index (χ1n) is 9.98. The van der Waals surface area contributed by atoms with E-state index in [4.69, 9.17) is 11.6 Å². The van der Waals surface area contributed by atoms with Crippen LogP contribution in [0.1, 0.15) is 31.9 Å². The molecule has 0 fully saturated rings. The van der Waals surface area contributed by atoms with Crippen LogP contribution in [0.2, 0.25) is 5.02 Å². The van der Waals surface area contributed by atoms with Gasteiger partial charge in [0.05, 0.1) is 0 Å². The molecule has 0 bridgehead atoms. The van der Waals surface area contributed by atoms with Gasteiger partial charge in [0, 0.05) is 0 Å². The van der Waals surface area contributed by atoms with Crippen molar-refractivity contribution in [1.82, 2.24) is 0 Å². The van der Waals surface area contributed by atoms with Crippen molar-refractivity contribution in [3.8, 4) is 0 Å². The fourth-order valence-corrected chi connectivity index (χ4v) is 12.1. The zero-order valence-electron chi connectivity index (χ0n) is 18.1. The molecule has 3 aromatic carbocycles. The van der Waals surface area contributed by atoms with Gasteiger partial charge in [0.1, 0.15) is 0 Å². The van der Waals surface area contributed by atoms with Gasteiger partial charge in [-0.2, -0.15) is 0 Å². The van der Waals surface area contributed by atoms with Gasteiger partial charge in [0.15, 0.2) is 0 Å². The Morgan fingerprint density at radius 3 is 1.63 bits per heavy atom. The van der Waals surface area contributed by atoms with Crippen LogP contribution in [-0.4, -0.2) is 15.1 Å². The second-order valence-corrected chi connectivity index (χ2v) is 16.2. The second kappa shape index (κ2) is 9.64. The van der Waals surface area contributed by atoms with Gasteiger partial charge in [0.25, 0.3) is 0 Å². The molecule has 30 heavy (non-hydrogen) atoms. The summed E-state index contributed by atoms with van der Waals surface area (Å²) in [5.74, 6) is 0. The third-order valence-electron chi connectivity index (χ3n) is 5.02. The Labute approximate surface area is 198 Å². The molecule has 156 valence electrons. The van der Waals surface area contributed by atoms with E-state index >= 15 is 0 Å². The Morgan fingerprint density at radius 2 is 1.23 bits per heavy atom. The molecule has 0 saturated carbocycles. The van der Waals surface area contributed by atoms with Crippen LogP contribution < -0.4 is 10.6 Å². The molecule has 0 heterocycles. The third kappa shape index (κ3) is 5.42. The Hall–Kier alpha value is -1.01. The van der Waals surface area contributed by atoms with E-state index in [1.54, 1.807) is 11.8 Å². The van der Waals surface area contributed by atoms with E-state index in [0.29, 0.717) is 0 Å². The average Bonchev–Trinajstić information content (AvgIpc) is 2.69. The monoisotopic (exact) mass is 518 g/mol. The van der Waals surface area contributed by atoms with E-state index in [1.165, 1.54) is 31.9 Å². The fraction of sp³-hybridized carbons (Fsp3) is 0.231. The van der Waals surface area contributed by atoms with E-state index in [-0.39, 0.29) is 5.41 Å². The quantitative estimate of drug-likeness (QED) is 0.190. The van der Waals surface area contributed by atoms with Gasteiger partial charge in [-0.15, -0.1) is 0 Å². The van der Waals surface area contributed by atoms with Gasteiger partial charge in [-0.3, -0.25) is 0 Å². The number of hydrogen-bond donors (Lipinski definition) is 0. The maximum atomic E-state index is 6.08. The third-order valence-corrected chi connectivity index (χ3v) is 13.8. The molecule has 4 heteroatoms. The van der Waals surface area contributed by atoms with Gasteiger partial charge in [-0.05, 0) is 0 Å². The van der Waals surface area contributed by atoms with Crippen LogP contribution in [0.5, 0.6) is 0 Å². The minimum absolute atomic E-state index is 0.00816. The molecule has 3 rings (SSSR count). The summed E-state index contributed by atoms with van der Waals surface area (Å²) < 4.78 is 0. The van der Waals surface area contributed by atoms with Crippen molar-refractivity contribution in [2.24, 2.45) is 5.41 Å². The molecule has 0 aliphatic rings. The van der Waals surface area contributed by atoms with Gasteiger partial charge in [0.2, 0.25) is 0 Å². The Morgan fingerprint density at radius 1 is 0.800 bits per heavy atom. The molecular weight excluding hydrogens is 490 g/mol. The summed E-state index contributed by atoms with van der Waals surface area (Å²) in [7, 11) is 0. The fourth-order valence-electron chi connectivity index (χ4n) is 3.30. The van der Waals surface area contributed by atoms with Gasteiger partial charge in [-0.1, -0.05) is 0 Å². The molecule has 3 aromatic rings. The normalized spacial score (nSPS) is 12.8. The van der Waals surface area contributed by atoms with Crippen LogP contribution >= 0.6 is 28.9 Å². The number of aryl methyl sites for hydroxylation is 2. The number of halogens is 1. The molecular formula is C26H28ClPSSe. The van der Waals surface area contributed by atoms with Crippen molar-refractivity contribution < 1.29 is 0 Å². The second-order valence-electron chi connectivity index (χ2n) is 8.61. The summed E-state index contributed by atoms with van der Waals surface area (Å²) in [5.41, 5.74) is 0.672. The zero-order valence-corrected chi connectivity index (χ0v) is 22.3. The predicted octanol–water partition coefficient (Wildman–Crippen LogP) is 7.69. The molecule has 0 saturated heterocycles. The Kier molecular flexibility index (Phi) is 7.60. The molecule has 0 unspecified atom stereocenters. The van der Waals surface area contributed by atoms with E-state index in [2.05, 4.69) is 116 Å². The topological polar surface area (TPSA) is 0 Å².